The maximum absolute atomic E-state index is 3.92. The van der Waals surface area contributed by atoms with Crippen LogP contribution in [0.1, 0.15) is 50.6 Å². The van der Waals surface area contributed by atoms with E-state index < -0.39 is 0 Å². The van der Waals surface area contributed by atoms with Gasteiger partial charge in [0.05, 0.1) is 0 Å². The van der Waals surface area contributed by atoms with Crippen molar-refractivity contribution in [1.29, 1.82) is 0 Å². The van der Waals surface area contributed by atoms with Crippen molar-refractivity contribution in [3.05, 3.63) is 29.8 Å². The largest absolute Gasteiger partial charge is 0.307 e. The first-order valence-electron chi connectivity index (χ1n) is 7.34. The average molecular weight is 261 g/mol. The molecule has 1 aliphatic carbocycles. The van der Waals surface area contributed by atoms with Crippen LogP contribution >= 0.6 is 11.8 Å². The summed E-state index contributed by atoms with van der Waals surface area (Å²) in [6.45, 7) is 2.32. The molecule has 2 heteroatoms. The molecule has 2 unspecified atom stereocenters. The zero-order chi connectivity index (χ0) is 12.4. The Morgan fingerprint density at radius 1 is 1.28 bits per heavy atom. The molecule has 1 aliphatic heterocycles. The summed E-state index contributed by atoms with van der Waals surface area (Å²) in [6.07, 6.45) is 6.87. The summed E-state index contributed by atoms with van der Waals surface area (Å²) in [5.74, 6) is 2.28. The Balaban J connectivity index is 1.68. The summed E-state index contributed by atoms with van der Waals surface area (Å²) in [5.41, 5.74) is 1.53. The van der Waals surface area contributed by atoms with Crippen molar-refractivity contribution in [2.24, 2.45) is 5.92 Å². The highest BCUT2D eigenvalue weighted by atomic mass is 32.2. The summed E-state index contributed by atoms with van der Waals surface area (Å²) >= 11 is 2.01. The maximum atomic E-state index is 3.92. The van der Waals surface area contributed by atoms with E-state index >= 15 is 0 Å². The van der Waals surface area contributed by atoms with Gasteiger partial charge in [-0.3, -0.25) is 0 Å². The Labute approximate surface area is 115 Å². The van der Waals surface area contributed by atoms with E-state index in [9.17, 15) is 0 Å². The fourth-order valence-corrected chi connectivity index (χ4v) is 4.03. The molecule has 1 nitrogen and oxygen atoms in total. The minimum atomic E-state index is 0.589. The van der Waals surface area contributed by atoms with Crippen molar-refractivity contribution in [2.75, 3.05) is 5.75 Å². The van der Waals surface area contributed by atoms with Crippen LogP contribution < -0.4 is 5.32 Å². The molecule has 0 bridgehead atoms. The zero-order valence-corrected chi connectivity index (χ0v) is 12.0. The molecule has 0 spiro atoms. The minimum Gasteiger partial charge on any atom is -0.307 e. The number of nitrogens with one attached hydrogen (secondary N) is 1. The quantitative estimate of drug-likeness (QED) is 0.843. The van der Waals surface area contributed by atoms with Crippen LogP contribution in [0.15, 0.2) is 29.2 Å². The lowest BCUT2D eigenvalue weighted by Crippen LogP contribution is -2.34. The molecule has 1 aromatic carbocycles. The molecule has 1 N–H and O–H groups in total. The molecular formula is C16H23NS. The summed E-state index contributed by atoms with van der Waals surface area (Å²) in [7, 11) is 0. The van der Waals surface area contributed by atoms with Gasteiger partial charge < -0.3 is 5.32 Å². The third-order valence-electron chi connectivity index (χ3n) is 4.20. The number of rotatable bonds is 5. The van der Waals surface area contributed by atoms with Crippen molar-refractivity contribution in [3.63, 3.8) is 0 Å². The van der Waals surface area contributed by atoms with Crippen LogP contribution in [-0.2, 0) is 0 Å². The molecular weight excluding hydrogens is 238 g/mol. The first-order chi connectivity index (χ1) is 8.86. The third-order valence-corrected chi connectivity index (χ3v) is 5.33. The fourth-order valence-electron chi connectivity index (χ4n) is 2.91. The first-order valence-corrected chi connectivity index (χ1v) is 8.33. The van der Waals surface area contributed by atoms with Crippen molar-refractivity contribution >= 4 is 11.8 Å². The smallest absolute Gasteiger partial charge is 0.0341 e. The van der Waals surface area contributed by atoms with Gasteiger partial charge in [0, 0.05) is 17.0 Å². The van der Waals surface area contributed by atoms with Gasteiger partial charge in [-0.2, -0.15) is 0 Å². The van der Waals surface area contributed by atoms with Crippen LogP contribution in [0.4, 0.5) is 0 Å². The van der Waals surface area contributed by atoms with Crippen LogP contribution in [0.25, 0.3) is 0 Å². The number of fused-ring (bicyclic) bond motifs is 1. The van der Waals surface area contributed by atoms with Crippen molar-refractivity contribution in [3.8, 4) is 0 Å². The SMILES string of the molecule is CCC(CC1CC1)NC1CCSc2ccccc21. The fraction of sp³-hybridized carbons (Fsp3) is 0.625. The molecule has 2 aliphatic rings. The standard InChI is InChI=1S/C16H23NS/c1-2-13(11-12-7-8-12)17-15-9-10-18-16-6-4-3-5-14(15)16/h3-6,12-13,15,17H,2,7-11H2,1H3. The number of hydrogen-bond acceptors (Lipinski definition) is 2. The van der Waals surface area contributed by atoms with Gasteiger partial charge in [0.25, 0.3) is 0 Å². The van der Waals surface area contributed by atoms with Gasteiger partial charge >= 0.3 is 0 Å². The Bertz CT molecular complexity index is 400. The Kier molecular flexibility index (Phi) is 3.95. The molecule has 98 valence electrons. The second-order valence-corrected chi connectivity index (χ2v) is 6.82. The molecule has 18 heavy (non-hydrogen) atoms. The van der Waals surface area contributed by atoms with Crippen LogP contribution in [0.5, 0.6) is 0 Å². The van der Waals surface area contributed by atoms with Crippen molar-refractivity contribution in [1.82, 2.24) is 5.32 Å². The monoisotopic (exact) mass is 261 g/mol. The molecule has 1 saturated carbocycles. The summed E-state index contributed by atoms with van der Waals surface area (Å²) in [4.78, 5) is 1.49. The Morgan fingerprint density at radius 2 is 2.11 bits per heavy atom. The van der Waals surface area contributed by atoms with E-state index in [4.69, 9.17) is 0 Å². The molecule has 0 saturated heterocycles. The van der Waals surface area contributed by atoms with E-state index in [0.29, 0.717) is 6.04 Å². The molecule has 3 rings (SSSR count). The van der Waals surface area contributed by atoms with E-state index in [1.54, 1.807) is 0 Å². The Morgan fingerprint density at radius 3 is 2.89 bits per heavy atom. The molecule has 0 aromatic heterocycles. The lowest BCUT2D eigenvalue weighted by Gasteiger charge is -2.30. The predicted molar refractivity (Wildman–Crippen MR) is 79.1 cm³/mol. The normalized spacial score (nSPS) is 24.6. The van der Waals surface area contributed by atoms with E-state index in [1.165, 1.54) is 48.3 Å². The summed E-state index contributed by atoms with van der Waals surface area (Å²) in [5, 5.41) is 3.92. The molecule has 2 atom stereocenters. The minimum absolute atomic E-state index is 0.589. The molecule has 1 heterocycles. The topological polar surface area (TPSA) is 12.0 Å². The van der Waals surface area contributed by atoms with E-state index in [1.807, 2.05) is 11.8 Å². The molecule has 1 aromatic rings. The van der Waals surface area contributed by atoms with Crippen LogP contribution in [-0.4, -0.2) is 11.8 Å². The Hall–Kier alpha value is -0.470. The zero-order valence-electron chi connectivity index (χ0n) is 11.2. The van der Waals surface area contributed by atoms with Gasteiger partial charge in [0.15, 0.2) is 0 Å². The van der Waals surface area contributed by atoms with E-state index in [-0.39, 0.29) is 0 Å². The molecule has 0 radical (unpaired) electrons. The maximum Gasteiger partial charge on any atom is 0.0341 e. The van der Waals surface area contributed by atoms with Gasteiger partial charge in [-0.25, -0.2) is 0 Å². The highest BCUT2D eigenvalue weighted by molar-refractivity contribution is 7.99. The van der Waals surface area contributed by atoms with Gasteiger partial charge in [-0.15, -0.1) is 11.8 Å². The summed E-state index contributed by atoms with van der Waals surface area (Å²) < 4.78 is 0. The van der Waals surface area contributed by atoms with E-state index in [2.05, 4.69) is 36.5 Å². The van der Waals surface area contributed by atoms with Crippen LogP contribution in [0.2, 0.25) is 0 Å². The van der Waals surface area contributed by atoms with Gasteiger partial charge in [0.2, 0.25) is 0 Å². The van der Waals surface area contributed by atoms with Crippen molar-refractivity contribution in [2.45, 2.75) is 56.0 Å². The van der Waals surface area contributed by atoms with E-state index in [0.717, 1.165) is 12.0 Å². The lowest BCUT2D eigenvalue weighted by atomic mass is 10.00. The highest BCUT2D eigenvalue weighted by Gasteiger charge is 2.27. The highest BCUT2D eigenvalue weighted by Crippen LogP contribution is 2.38. The summed E-state index contributed by atoms with van der Waals surface area (Å²) in [6, 6.07) is 10.2. The third kappa shape index (κ3) is 2.92. The van der Waals surface area contributed by atoms with Crippen LogP contribution in [0.3, 0.4) is 0 Å². The number of hydrogen-bond donors (Lipinski definition) is 1. The van der Waals surface area contributed by atoms with Crippen molar-refractivity contribution < 1.29 is 0 Å². The average Bonchev–Trinajstić information content (AvgIpc) is 3.22. The van der Waals surface area contributed by atoms with Crippen LogP contribution in [0, 0.1) is 5.92 Å². The van der Waals surface area contributed by atoms with Gasteiger partial charge in [0.1, 0.15) is 0 Å². The second kappa shape index (κ2) is 5.66. The van der Waals surface area contributed by atoms with Gasteiger partial charge in [-0.05, 0) is 42.6 Å². The molecule has 1 fully saturated rings. The predicted octanol–water partition coefficient (Wildman–Crippen LogP) is 4.39. The lowest BCUT2D eigenvalue weighted by molar-refractivity contribution is 0.380. The molecule has 0 amide bonds. The number of benzene rings is 1. The number of thioether (sulfide) groups is 1. The first kappa shape index (κ1) is 12.6. The second-order valence-electron chi connectivity index (χ2n) is 5.68. The van der Waals surface area contributed by atoms with Gasteiger partial charge in [-0.1, -0.05) is 38.0 Å².